The molecule has 0 aromatic carbocycles. The van der Waals surface area contributed by atoms with E-state index in [-0.39, 0.29) is 12.2 Å². The third kappa shape index (κ3) is 3.05. The molecule has 2 fully saturated rings. The Morgan fingerprint density at radius 2 is 1.42 bits per heavy atom. The zero-order chi connectivity index (χ0) is 13.8. The van der Waals surface area contributed by atoms with Gasteiger partial charge in [-0.15, -0.1) is 0 Å². The smallest absolute Gasteiger partial charge is 0.312 e. The zero-order valence-electron chi connectivity index (χ0n) is 11.4. The molecule has 2 rings (SSSR count). The van der Waals surface area contributed by atoms with Crippen LogP contribution in [0.3, 0.4) is 0 Å². The van der Waals surface area contributed by atoms with Crippen molar-refractivity contribution >= 4 is 11.8 Å². The van der Waals surface area contributed by atoms with Gasteiger partial charge in [-0.1, -0.05) is 0 Å². The van der Waals surface area contributed by atoms with Crippen LogP contribution in [0.25, 0.3) is 0 Å². The van der Waals surface area contributed by atoms with Crippen LogP contribution in [-0.2, 0) is 19.1 Å². The molecule has 1 N–H and O–H groups in total. The molecule has 0 aliphatic carbocycles. The molecule has 2 aliphatic heterocycles. The topological polar surface area (TPSA) is 71.1 Å². The molecule has 2 unspecified atom stereocenters. The van der Waals surface area contributed by atoms with E-state index in [1.807, 2.05) is 0 Å². The Hall–Kier alpha value is -1.18. The zero-order valence-corrected chi connectivity index (χ0v) is 11.4. The van der Waals surface area contributed by atoms with Crippen LogP contribution >= 0.6 is 0 Å². The second kappa shape index (κ2) is 6.31. The maximum absolute atomic E-state index is 12.2. The molecule has 2 amide bonds. The minimum atomic E-state index is -0.455. The molecule has 108 valence electrons. The number of hydrogen-bond acceptors (Lipinski definition) is 5. The molecule has 19 heavy (non-hydrogen) atoms. The van der Waals surface area contributed by atoms with Crippen molar-refractivity contribution in [3.63, 3.8) is 0 Å². The molecular weight excluding hydrogens is 250 g/mol. The highest BCUT2D eigenvalue weighted by Crippen LogP contribution is 2.16. The third-order valence-electron chi connectivity index (χ3n) is 3.70. The molecule has 2 atom stereocenters. The number of rotatable bonds is 2. The molecule has 2 aliphatic rings. The van der Waals surface area contributed by atoms with E-state index >= 15 is 0 Å². The maximum atomic E-state index is 12.2. The van der Waals surface area contributed by atoms with Crippen LogP contribution in [0.4, 0.5) is 0 Å². The number of carbonyl (C=O) groups is 2. The van der Waals surface area contributed by atoms with Crippen molar-refractivity contribution in [2.75, 3.05) is 53.5 Å². The summed E-state index contributed by atoms with van der Waals surface area (Å²) in [6, 6.07) is 0. The fourth-order valence-electron chi connectivity index (χ4n) is 2.50. The molecule has 7 heteroatoms. The number of carbonyl (C=O) groups excluding carboxylic acids is 2. The van der Waals surface area contributed by atoms with E-state index in [4.69, 9.17) is 9.47 Å². The molecule has 0 saturated carbocycles. The van der Waals surface area contributed by atoms with Crippen molar-refractivity contribution in [3.8, 4) is 0 Å². The summed E-state index contributed by atoms with van der Waals surface area (Å²) in [6.07, 6.45) is -0.324. The number of nitrogens with one attached hydrogen (secondary N) is 1. The minimum Gasteiger partial charge on any atom is -0.377 e. The van der Waals surface area contributed by atoms with Crippen LogP contribution in [0.5, 0.6) is 0 Å². The summed E-state index contributed by atoms with van der Waals surface area (Å²) in [4.78, 5) is 27.4. The highest BCUT2D eigenvalue weighted by molar-refractivity contribution is 6.35. The van der Waals surface area contributed by atoms with Gasteiger partial charge in [-0.25, -0.2) is 0 Å². The van der Waals surface area contributed by atoms with Gasteiger partial charge in [0, 0.05) is 40.4 Å². The van der Waals surface area contributed by atoms with Gasteiger partial charge < -0.3 is 24.6 Å². The fourth-order valence-corrected chi connectivity index (χ4v) is 2.50. The number of amides is 2. The largest absolute Gasteiger partial charge is 0.377 e. The summed E-state index contributed by atoms with van der Waals surface area (Å²) in [7, 11) is 3.17. The van der Waals surface area contributed by atoms with E-state index in [0.29, 0.717) is 26.2 Å². The lowest BCUT2D eigenvalue weighted by molar-refractivity contribution is -0.151. The van der Waals surface area contributed by atoms with E-state index in [1.165, 1.54) is 4.90 Å². The van der Waals surface area contributed by atoms with Crippen LogP contribution in [0.1, 0.15) is 0 Å². The van der Waals surface area contributed by atoms with Crippen molar-refractivity contribution in [1.29, 1.82) is 0 Å². The highest BCUT2D eigenvalue weighted by Gasteiger charge is 2.38. The Kier molecular flexibility index (Phi) is 4.73. The number of likely N-dealkylation sites (tertiary alicyclic amines) is 1. The molecule has 2 saturated heterocycles. The summed E-state index contributed by atoms with van der Waals surface area (Å²) in [5.74, 6) is -0.878. The molecule has 0 spiro atoms. The van der Waals surface area contributed by atoms with Crippen LogP contribution in [0.2, 0.25) is 0 Å². The van der Waals surface area contributed by atoms with Gasteiger partial charge >= 0.3 is 11.8 Å². The highest BCUT2D eigenvalue weighted by atomic mass is 16.5. The summed E-state index contributed by atoms with van der Waals surface area (Å²) in [5.41, 5.74) is 0. The Morgan fingerprint density at radius 3 is 1.89 bits per heavy atom. The minimum absolute atomic E-state index is 0.162. The van der Waals surface area contributed by atoms with Crippen molar-refractivity contribution in [2.24, 2.45) is 0 Å². The Morgan fingerprint density at radius 1 is 0.947 bits per heavy atom. The van der Waals surface area contributed by atoms with Gasteiger partial charge in [-0.3, -0.25) is 9.59 Å². The Bertz CT molecular complexity index is 332. The second-order valence-electron chi connectivity index (χ2n) is 4.80. The first-order valence-electron chi connectivity index (χ1n) is 6.52. The predicted molar refractivity (Wildman–Crippen MR) is 67.6 cm³/mol. The van der Waals surface area contributed by atoms with Gasteiger partial charge in [0.25, 0.3) is 0 Å². The summed E-state index contributed by atoms with van der Waals surface area (Å²) >= 11 is 0. The predicted octanol–water partition coefficient (Wildman–Crippen LogP) is -1.71. The number of ether oxygens (including phenoxy) is 2. The lowest BCUT2D eigenvalue weighted by atomic mass is 10.3. The fraction of sp³-hybridized carbons (Fsp3) is 0.833. The van der Waals surface area contributed by atoms with Gasteiger partial charge in [-0.05, 0) is 0 Å². The van der Waals surface area contributed by atoms with Crippen LogP contribution in [-0.4, -0.2) is 87.3 Å². The van der Waals surface area contributed by atoms with Crippen molar-refractivity contribution in [2.45, 2.75) is 12.2 Å². The lowest BCUT2D eigenvalue weighted by Crippen LogP contribution is -2.52. The van der Waals surface area contributed by atoms with E-state index in [2.05, 4.69) is 5.32 Å². The molecular formula is C12H21N3O4. The summed E-state index contributed by atoms with van der Waals surface area (Å²) < 4.78 is 10.5. The average Bonchev–Trinajstić information content (AvgIpc) is 2.89. The first kappa shape index (κ1) is 14.2. The van der Waals surface area contributed by atoms with Gasteiger partial charge in [-0.2, -0.15) is 0 Å². The van der Waals surface area contributed by atoms with Crippen molar-refractivity contribution in [1.82, 2.24) is 15.1 Å². The van der Waals surface area contributed by atoms with Gasteiger partial charge in [0.15, 0.2) is 0 Å². The number of hydrogen-bond donors (Lipinski definition) is 1. The van der Waals surface area contributed by atoms with E-state index in [9.17, 15) is 9.59 Å². The quantitative estimate of drug-likeness (QED) is 0.606. The van der Waals surface area contributed by atoms with E-state index in [1.54, 1.807) is 19.1 Å². The monoisotopic (exact) mass is 271 g/mol. The molecule has 0 aromatic heterocycles. The molecule has 2 heterocycles. The molecule has 0 aromatic rings. The van der Waals surface area contributed by atoms with Gasteiger partial charge in [0.05, 0.1) is 13.1 Å². The summed E-state index contributed by atoms with van der Waals surface area (Å²) in [6.45, 7) is 3.46. The maximum Gasteiger partial charge on any atom is 0.312 e. The molecule has 0 radical (unpaired) electrons. The summed E-state index contributed by atoms with van der Waals surface area (Å²) in [5, 5.41) is 3.15. The second-order valence-corrected chi connectivity index (χ2v) is 4.80. The number of piperazine rings is 1. The lowest BCUT2D eigenvalue weighted by Gasteiger charge is -2.28. The van der Waals surface area contributed by atoms with Gasteiger partial charge in [0.2, 0.25) is 0 Å². The molecule has 0 bridgehead atoms. The van der Waals surface area contributed by atoms with E-state index < -0.39 is 11.8 Å². The average molecular weight is 271 g/mol. The number of nitrogens with zero attached hydrogens (tertiary/aromatic N) is 2. The van der Waals surface area contributed by atoms with Crippen LogP contribution in [0, 0.1) is 0 Å². The van der Waals surface area contributed by atoms with Crippen LogP contribution in [0.15, 0.2) is 0 Å². The Labute approximate surface area is 112 Å². The third-order valence-corrected chi connectivity index (χ3v) is 3.70. The van der Waals surface area contributed by atoms with Crippen molar-refractivity contribution in [3.05, 3.63) is 0 Å². The first-order chi connectivity index (χ1) is 9.17. The Balaban J connectivity index is 1.94. The standard InChI is InChI=1S/C12H21N3O4/c1-18-9-7-15(8-10(9)19-2)12(17)11(16)14-5-3-13-4-6-14/h9-10,13H,3-8H2,1-2H3. The van der Waals surface area contributed by atoms with Gasteiger partial charge in [0.1, 0.15) is 12.2 Å². The first-order valence-corrected chi connectivity index (χ1v) is 6.52. The number of methoxy groups -OCH3 is 2. The van der Waals surface area contributed by atoms with E-state index in [0.717, 1.165) is 13.1 Å². The SMILES string of the molecule is COC1CN(C(=O)C(=O)N2CCNCC2)CC1OC. The normalized spacial score (nSPS) is 27.7. The molecule has 7 nitrogen and oxygen atoms in total. The van der Waals surface area contributed by atoms with Crippen molar-refractivity contribution < 1.29 is 19.1 Å². The van der Waals surface area contributed by atoms with Crippen LogP contribution < -0.4 is 5.32 Å².